The SMILES string of the molecule is CCNC(=NCC(C)(C)N(C)C)NCC(C)Oc1ccccc1F.I. The van der Waals surface area contributed by atoms with E-state index in [4.69, 9.17) is 4.74 Å². The predicted molar refractivity (Wildman–Crippen MR) is 114 cm³/mol. The molecule has 25 heavy (non-hydrogen) atoms. The van der Waals surface area contributed by atoms with Crippen LogP contribution in [0.25, 0.3) is 0 Å². The molecule has 0 radical (unpaired) electrons. The minimum atomic E-state index is -0.349. The Morgan fingerprint density at radius 3 is 2.48 bits per heavy atom. The van der Waals surface area contributed by atoms with Crippen LogP contribution in [0.15, 0.2) is 29.3 Å². The fourth-order valence-electron chi connectivity index (χ4n) is 1.79. The molecule has 0 spiro atoms. The third kappa shape index (κ3) is 8.71. The summed E-state index contributed by atoms with van der Waals surface area (Å²) >= 11 is 0. The smallest absolute Gasteiger partial charge is 0.191 e. The number of ether oxygens (including phenoxy) is 1. The van der Waals surface area contributed by atoms with E-state index in [9.17, 15) is 4.39 Å². The highest BCUT2D eigenvalue weighted by Gasteiger charge is 2.20. The number of halogens is 2. The van der Waals surface area contributed by atoms with Gasteiger partial charge in [-0.25, -0.2) is 4.39 Å². The first-order chi connectivity index (χ1) is 11.3. The van der Waals surface area contributed by atoms with Crippen LogP contribution in [0.3, 0.4) is 0 Å². The summed E-state index contributed by atoms with van der Waals surface area (Å²) in [5.41, 5.74) is -0.0301. The summed E-state index contributed by atoms with van der Waals surface area (Å²) in [7, 11) is 4.08. The van der Waals surface area contributed by atoms with Gasteiger partial charge < -0.3 is 20.3 Å². The first kappa shape index (κ1) is 23.9. The molecule has 0 saturated carbocycles. The zero-order chi connectivity index (χ0) is 18.2. The fraction of sp³-hybridized carbons (Fsp3) is 0.611. The van der Waals surface area contributed by atoms with Crippen LogP contribution in [0.5, 0.6) is 5.75 Å². The molecule has 0 amide bonds. The third-order valence-electron chi connectivity index (χ3n) is 3.90. The van der Waals surface area contributed by atoms with Gasteiger partial charge >= 0.3 is 0 Å². The van der Waals surface area contributed by atoms with Gasteiger partial charge in [-0.3, -0.25) is 4.99 Å². The van der Waals surface area contributed by atoms with Crippen LogP contribution in [0.4, 0.5) is 4.39 Å². The minimum Gasteiger partial charge on any atom is -0.486 e. The van der Waals surface area contributed by atoms with Gasteiger partial charge in [-0.15, -0.1) is 24.0 Å². The quantitative estimate of drug-likeness (QED) is 0.351. The summed E-state index contributed by atoms with van der Waals surface area (Å²) in [6, 6.07) is 6.43. The lowest BCUT2D eigenvalue weighted by Crippen LogP contribution is -2.45. The largest absolute Gasteiger partial charge is 0.486 e. The molecule has 1 atom stereocenters. The van der Waals surface area contributed by atoms with Crippen LogP contribution in [0.2, 0.25) is 0 Å². The monoisotopic (exact) mass is 466 g/mol. The van der Waals surface area contributed by atoms with E-state index in [0.717, 1.165) is 12.5 Å². The lowest BCUT2D eigenvalue weighted by Gasteiger charge is -2.31. The average Bonchev–Trinajstić information content (AvgIpc) is 2.52. The molecule has 0 fully saturated rings. The van der Waals surface area contributed by atoms with Gasteiger partial charge in [0.15, 0.2) is 17.5 Å². The Morgan fingerprint density at radius 2 is 1.92 bits per heavy atom. The number of nitrogens with one attached hydrogen (secondary N) is 2. The van der Waals surface area contributed by atoms with Crippen molar-refractivity contribution in [2.75, 3.05) is 33.7 Å². The van der Waals surface area contributed by atoms with Gasteiger partial charge in [-0.2, -0.15) is 0 Å². The highest BCUT2D eigenvalue weighted by Crippen LogP contribution is 2.16. The van der Waals surface area contributed by atoms with Crippen molar-refractivity contribution < 1.29 is 9.13 Å². The van der Waals surface area contributed by atoms with Gasteiger partial charge in [-0.05, 0) is 53.9 Å². The van der Waals surface area contributed by atoms with Crippen molar-refractivity contribution in [2.24, 2.45) is 4.99 Å². The molecule has 0 bridgehead atoms. The number of guanidine groups is 1. The molecule has 7 heteroatoms. The van der Waals surface area contributed by atoms with Crippen LogP contribution in [0.1, 0.15) is 27.7 Å². The maximum absolute atomic E-state index is 13.6. The van der Waals surface area contributed by atoms with Crippen molar-refractivity contribution in [3.63, 3.8) is 0 Å². The Hall–Kier alpha value is -1.09. The summed E-state index contributed by atoms with van der Waals surface area (Å²) in [4.78, 5) is 6.77. The van der Waals surface area contributed by atoms with Gasteiger partial charge in [0.05, 0.1) is 13.1 Å². The van der Waals surface area contributed by atoms with Crippen LogP contribution in [-0.2, 0) is 0 Å². The molecular formula is C18H32FIN4O. The van der Waals surface area contributed by atoms with Crippen LogP contribution >= 0.6 is 24.0 Å². The molecule has 0 heterocycles. The van der Waals surface area contributed by atoms with Crippen molar-refractivity contribution in [3.8, 4) is 5.75 Å². The fourth-order valence-corrected chi connectivity index (χ4v) is 1.79. The zero-order valence-electron chi connectivity index (χ0n) is 16.1. The van der Waals surface area contributed by atoms with Crippen LogP contribution in [-0.4, -0.2) is 56.2 Å². The summed E-state index contributed by atoms with van der Waals surface area (Å²) in [6.07, 6.45) is -0.187. The Balaban J connectivity index is 0.00000576. The standard InChI is InChI=1S/C18H31FN4O.HI/c1-7-20-17(22-13-18(3,4)23(5)6)21-12-14(2)24-16-11-9-8-10-15(16)19;/h8-11,14H,7,12-13H2,1-6H3,(H2,20,21,22);1H. The van der Waals surface area contributed by atoms with Crippen molar-refractivity contribution in [3.05, 3.63) is 30.1 Å². The number of benzene rings is 1. The Bertz CT molecular complexity index is 538. The van der Waals surface area contributed by atoms with Crippen LogP contribution < -0.4 is 15.4 Å². The predicted octanol–water partition coefficient (Wildman–Crippen LogP) is 3.11. The van der Waals surface area contributed by atoms with Crippen molar-refractivity contribution >= 4 is 29.9 Å². The van der Waals surface area contributed by atoms with Gasteiger partial charge in [0.25, 0.3) is 0 Å². The van der Waals surface area contributed by atoms with E-state index in [0.29, 0.717) is 13.1 Å². The number of hydrogen-bond acceptors (Lipinski definition) is 3. The lowest BCUT2D eigenvalue weighted by molar-refractivity contribution is 0.204. The maximum atomic E-state index is 13.6. The summed E-state index contributed by atoms with van der Waals surface area (Å²) < 4.78 is 19.2. The molecular weight excluding hydrogens is 434 g/mol. The first-order valence-corrected chi connectivity index (χ1v) is 8.37. The molecule has 0 aromatic heterocycles. The number of hydrogen-bond donors (Lipinski definition) is 2. The lowest BCUT2D eigenvalue weighted by atomic mass is 10.1. The third-order valence-corrected chi connectivity index (χ3v) is 3.90. The second kappa shape index (κ2) is 11.5. The molecule has 0 aliphatic rings. The summed E-state index contributed by atoms with van der Waals surface area (Å²) in [6.45, 7) is 10.2. The van der Waals surface area contributed by atoms with E-state index in [1.807, 2.05) is 27.9 Å². The molecule has 0 saturated heterocycles. The van der Waals surface area contributed by atoms with Crippen molar-refractivity contribution in [1.82, 2.24) is 15.5 Å². The zero-order valence-corrected chi connectivity index (χ0v) is 18.4. The number of nitrogens with zero attached hydrogens (tertiary/aromatic N) is 2. The van der Waals surface area contributed by atoms with E-state index in [-0.39, 0.29) is 47.2 Å². The molecule has 1 unspecified atom stereocenters. The number of likely N-dealkylation sites (N-methyl/N-ethyl adjacent to an activating group) is 1. The molecule has 0 aliphatic heterocycles. The highest BCUT2D eigenvalue weighted by molar-refractivity contribution is 14.0. The van der Waals surface area contributed by atoms with Gasteiger partial charge in [-0.1, -0.05) is 12.1 Å². The molecule has 1 aromatic rings. The normalized spacial score (nSPS) is 13.2. The molecule has 2 N–H and O–H groups in total. The molecule has 0 aliphatic carbocycles. The van der Waals surface area contributed by atoms with E-state index in [2.05, 4.69) is 34.4 Å². The molecule has 5 nitrogen and oxygen atoms in total. The number of aliphatic imine (C=N–C) groups is 1. The summed E-state index contributed by atoms with van der Waals surface area (Å²) in [5, 5.41) is 6.46. The van der Waals surface area contributed by atoms with Gasteiger partial charge in [0, 0.05) is 12.1 Å². The second-order valence-electron chi connectivity index (χ2n) is 6.64. The molecule has 144 valence electrons. The summed E-state index contributed by atoms with van der Waals surface area (Å²) in [5.74, 6) is 0.650. The molecule has 1 aromatic carbocycles. The van der Waals surface area contributed by atoms with Crippen LogP contribution in [0, 0.1) is 5.82 Å². The second-order valence-corrected chi connectivity index (χ2v) is 6.64. The first-order valence-electron chi connectivity index (χ1n) is 8.37. The number of para-hydroxylation sites is 1. The maximum Gasteiger partial charge on any atom is 0.191 e. The Kier molecular flexibility index (Phi) is 11.0. The topological polar surface area (TPSA) is 48.9 Å². The molecule has 1 rings (SSSR count). The van der Waals surface area contributed by atoms with E-state index < -0.39 is 0 Å². The minimum absolute atomic E-state index is 0. The van der Waals surface area contributed by atoms with E-state index >= 15 is 0 Å². The average molecular weight is 466 g/mol. The van der Waals surface area contributed by atoms with E-state index in [1.54, 1.807) is 18.2 Å². The van der Waals surface area contributed by atoms with Gasteiger partial charge in [0.1, 0.15) is 6.10 Å². The van der Waals surface area contributed by atoms with Crippen molar-refractivity contribution in [1.29, 1.82) is 0 Å². The van der Waals surface area contributed by atoms with Crippen molar-refractivity contribution in [2.45, 2.75) is 39.3 Å². The Labute approximate surface area is 168 Å². The number of rotatable bonds is 8. The Morgan fingerprint density at radius 1 is 1.28 bits per heavy atom. The van der Waals surface area contributed by atoms with E-state index in [1.165, 1.54) is 6.07 Å². The highest BCUT2D eigenvalue weighted by atomic mass is 127. The van der Waals surface area contributed by atoms with Gasteiger partial charge in [0.2, 0.25) is 0 Å².